The van der Waals surface area contributed by atoms with Gasteiger partial charge in [-0.3, -0.25) is 9.36 Å². The van der Waals surface area contributed by atoms with E-state index < -0.39 is 0 Å². The lowest BCUT2D eigenvalue weighted by Crippen LogP contribution is -2.16. The summed E-state index contributed by atoms with van der Waals surface area (Å²) in [6.45, 7) is 12.4. The fourth-order valence-electron chi connectivity index (χ4n) is 2.46. The fraction of sp³-hybridized carbons (Fsp3) is 0.625. The molecule has 0 spiro atoms. The van der Waals surface area contributed by atoms with Gasteiger partial charge in [0.25, 0.3) is 0 Å². The molecule has 116 valence electrons. The lowest BCUT2D eigenvalue weighted by Gasteiger charge is -2.09. The Morgan fingerprint density at radius 2 is 1.90 bits per heavy atom. The van der Waals surface area contributed by atoms with Crippen molar-refractivity contribution in [2.45, 2.75) is 59.7 Å². The Kier molecular flexibility index (Phi) is 4.83. The van der Waals surface area contributed by atoms with E-state index in [9.17, 15) is 0 Å². The molecule has 0 aliphatic carbocycles. The van der Waals surface area contributed by atoms with Crippen molar-refractivity contribution in [2.75, 3.05) is 0 Å². The normalized spacial score (nSPS) is 11.8. The maximum absolute atomic E-state index is 4.54. The number of rotatable bonds is 6. The zero-order valence-corrected chi connectivity index (χ0v) is 14.0. The van der Waals surface area contributed by atoms with Crippen LogP contribution in [0, 0.1) is 6.92 Å². The third-order valence-corrected chi connectivity index (χ3v) is 3.84. The number of aryl methyl sites for hydroxylation is 1. The molecule has 2 aromatic heterocycles. The van der Waals surface area contributed by atoms with Crippen LogP contribution in [0.4, 0.5) is 0 Å². The first-order chi connectivity index (χ1) is 9.90. The highest BCUT2D eigenvalue weighted by molar-refractivity contribution is 5.17. The van der Waals surface area contributed by atoms with E-state index in [-0.39, 0.29) is 0 Å². The van der Waals surface area contributed by atoms with Gasteiger partial charge in [0.05, 0.1) is 17.6 Å². The van der Waals surface area contributed by atoms with E-state index in [4.69, 9.17) is 0 Å². The summed E-state index contributed by atoms with van der Waals surface area (Å²) in [4.78, 5) is 0. The van der Waals surface area contributed by atoms with Crippen LogP contribution in [0.5, 0.6) is 0 Å². The smallest absolute Gasteiger partial charge is 0.0653 e. The zero-order chi connectivity index (χ0) is 15.6. The maximum atomic E-state index is 4.54. The van der Waals surface area contributed by atoms with Gasteiger partial charge in [0.1, 0.15) is 0 Å². The number of hydrogen-bond acceptors (Lipinski definition) is 3. The van der Waals surface area contributed by atoms with E-state index in [0.29, 0.717) is 12.0 Å². The summed E-state index contributed by atoms with van der Waals surface area (Å²) in [6, 6.07) is 2.59. The van der Waals surface area contributed by atoms with Gasteiger partial charge in [0, 0.05) is 37.4 Å². The van der Waals surface area contributed by atoms with Gasteiger partial charge >= 0.3 is 0 Å². The van der Waals surface area contributed by atoms with Crippen LogP contribution in [0.25, 0.3) is 0 Å². The van der Waals surface area contributed by atoms with Gasteiger partial charge in [-0.2, -0.15) is 10.2 Å². The number of nitrogens with zero attached hydrogens (tertiary/aromatic N) is 4. The van der Waals surface area contributed by atoms with Crippen LogP contribution in [0.1, 0.15) is 62.3 Å². The molecular formula is C16H27N5. The van der Waals surface area contributed by atoms with Crippen molar-refractivity contribution in [3.05, 3.63) is 34.9 Å². The first kappa shape index (κ1) is 15.8. The van der Waals surface area contributed by atoms with Crippen molar-refractivity contribution < 1.29 is 0 Å². The van der Waals surface area contributed by atoms with Crippen molar-refractivity contribution in [2.24, 2.45) is 7.05 Å². The molecule has 0 fully saturated rings. The van der Waals surface area contributed by atoms with Crippen LogP contribution < -0.4 is 5.32 Å². The van der Waals surface area contributed by atoms with Crippen molar-refractivity contribution in [3.63, 3.8) is 0 Å². The molecule has 21 heavy (non-hydrogen) atoms. The molecule has 0 unspecified atom stereocenters. The molecule has 2 aromatic rings. The summed E-state index contributed by atoms with van der Waals surface area (Å²) in [6.07, 6.45) is 1.96. The molecule has 0 bridgehead atoms. The summed E-state index contributed by atoms with van der Waals surface area (Å²) in [7, 11) is 2.00. The van der Waals surface area contributed by atoms with Gasteiger partial charge < -0.3 is 5.32 Å². The molecule has 0 aliphatic rings. The van der Waals surface area contributed by atoms with Crippen LogP contribution in [0.15, 0.2) is 12.3 Å². The molecule has 2 heterocycles. The standard InChI is InChI=1S/C16H27N5/c1-11(2)16-7-15(20(6)19-16)10-17-8-14-9-18-21(12(3)4)13(14)5/h7,9,11-12,17H,8,10H2,1-6H3. The van der Waals surface area contributed by atoms with E-state index in [0.717, 1.165) is 18.8 Å². The summed E-state index contributed by atoms with van der Waals surface area (Å²) < 4.78 is 4.03. The Balaban J connectivity index is 1.96. The molecular weight excluding hydrogens is 262 g/mol. The van der Waals surface area contributed by atoms with Crippen LogP contribution >= 0.6 is 0 Å². The molecule has 5 nitrogen and oxygen atoms in total. The first-order valence-corrected chi connectivity index (χ1v) is 7.66. The highest BCUT2D eigenvalue weighted by Gasteiger charge is 2.10. The maximum Gasteiger partial charge on any atom is 0.0653 e. The second kappa shape index (κ2) is 6.43. The van der Waals surface area contributed by atoms with E-state index >= 15 is 0 Å². The van der Waals surface area contributed by atoms with E-state index in [2.05, 4.69) is 60.9 Å². The minimum absolute atomic E-state index is 0.407. The summed E-state index contributed by atoms with van der Waals surface area (Å²) in [5, 5.41) is 12.5. The van der Waals surface area contributed by atoms with Crippen LogP contribution in [0.2, 0.25) is 0 Å². The van der Waals surface area contributed by atoms with Crippen molar-refractivity contribution in [3.8, 4) is 0 Å². The van der Waals surface area contributed by atoms with E-state index in [1.54, 1.807) is 0 Å². The minimum Gasteiger partial charge on any atom is -0.307 e. The molecule has 1 N–H and O–H groups in total. The molecule has 0 saturated carbocycles. The van der Waals surface area contributed by atoms with E-state index in [1.165, 1.54) is 17.0 Å². The first-order valence-electron chi connectivity index (χ1n) is 7.66. The highest BCUT2D eigenvalue weighted by Crippen LogP contribution is 2.15. The second-order valence-electron chi connectivity index (χ2n) is 6.24. The van der Waals surface area contributed by atoms with Gasteiger partial charge in [-0.1, -0.05) is 13.8 Å². The molecule has 0 saturated heterocycles. The topological polar surface area (TPSA) is 47.7 Å². The van der Waals surface area contributed by atoms with Gasteiger partial charge in [-0.15, -0.1) is 0 Å². The Morgan fingerprint density at radius 3 is 2.43 bits per heavy atom. The third kappa shape index (κ3) is 3.53. The third-order valence-electron chi connectivity index (χ3n) is 3.84. The predicted octanol–water partition coefficient (Wildman–Crippen LogP) is 2.92. The average molecular weight is 289 g/mol. The number of nitrogens with one attached hydrogen (secondary N) is 1. The fourth-order valence-corrected chi connectivity index (χ4v) is 2.46. The van der Waals surface area contributed by atoms with Gasteiger partial charge in [0.2, 0.25) is 0 Å². The Hall–Kier alpha value is -1.62. The quantitative estimate of drug-likeness (QED) is 0.889. The number of aromatic nitrogens is 4. The largest absolute Gasteiger partial charge is 0.307 e. The van der Waals surface area contributed by atoms with Gasteiger partial charge in [-0.05, 0) is 32.8 Å². The molecule has 5 heteroatoms. The number of hydrogen-bond donors (Lipinski definition) is 1. The minimum atomic E-state index is 0.407. The molecule has 2 rings (SSSR count). The molecule has 0 amide bonds. The molecule has 0 atom stereocenters. The molecule has 0 aliphatic heterocycles. The Morgan fingerprint density at radius 1 is 1.19 bits per heavy atom. The van der Waals surface area contributed by atoms with Crippen molar-refractivity contribution in [1.82, 2.24) is 24.9 Å². The lowest BCUT2D eigenvalue weighted by atomic mass is 10.1. The van der Waals surface area contributed by atoms with Crippen LogP contribution in [-0.4, -0.2) is 19.6 Å². The monoisotopic (exact) mass is 289 g/mol. The summed E-state index contributed by atoms with van der Waals surface area (Å²) in [5.74, 6) is 0.469. The summed E-state index contributed by atoms with van der Waals surface area (Å²) in [5.41, 5.74) is 4.87. The average Bonchev–Trinajstić information content (AvgIpc) is 2.95. The van der Waals surface area contributed by atoms with Crippen LogP contribution in [0.3, 0.4) is 0 Å². The summed E-state index contributed by atoms with van der Waals surface area (Å²) >= 11 is 0. The van der Waals surface area contributed by atoms with Crippen molar-refractivity contribution >= 4 is 0 Å². The lowest BCUT2D eigenvalue weighted by molar-refractivity contribution is 0.517. The highest BCUT2D eigenvalue weighted by atomic mass is 15.3. The SMILES string of the molecule is Cc1c(CNCc2cc(C(C)C)nn2C)cnn1C(C)C. The van der Waals surface area contributed by atoms with Gasteiger partial charge in [0.15, 0.2) is 0 Å². The Labute approximate surface area is 127 Å². The zero-order valence-electron chi connectivity index (χ0n) is 14.0. The van der Waals surface area contributed by atoms with Crippen molar-refractivity contribution in [1.29, 1.82) is 0 Å². The molecule has 0 radical (unpaired) electrons. The van der Waals surface area contributed by atoms with Gasteiger partial charge in [-0.25, -0.2) is 0 Å². The Bertz CT molecular complexity index is 590. The second-order valence-corrected chi connectivity index (χ2v) is 6.24. The van der Waals surface area contributed by atoms with E-state index in [1.807, 2.05) is 17.9 Å². The molecule has 0 aromatic carbocycles. The van der Waals surface area contributed by atoms with Crippen LogP contribution in [-0.2, 0) is 20.1 Å². The predicted molar refractivity (Wildman–Crippen MR) is 85.2 cm³/mol.